The van der Waals surface area contributed by atoms with E-state index in [0.717, 1.165) is 50.5 Å². The first-order valence-electron chi connectivity index (χ1n) is 10.5. The number of H-pyrrole nitrogens is 1. The van der Waals surface area contributed by atoms with Crippen molar-refractivity contribution in [2.75, 3.05) is 10.6 Å². The van der Waals surface area contributed by atoms with Crippen LogP contribution in [0, 0.1) is 5.92 Å². The molecule has 0 unspecified atom stereocenters. The molecule has 0 atom stereocenters. The Hall–Kier alpha value is -2.83. The minimum absolute atomic E-state index is 0.0623. The third-order valence-corrected chi connectivity index (χ3v) is 5.62. The number of nitrogen functional groups attached to an aromatic ring is 1. The summed E-state index contributed by atoms with van der Waals surface area (Å²) in [7, 11) is 0. The van der Waals surface area contributed by atoms with Gasteiger partial charge in [-0.25, -0.2) is 4.79 Å². The molecular formula is C22H30N4O3. The fraction of sp³-hybridized carbons (Fsp3) is 0.500. The molecule has 7 nitrogen and oxygen atoms in total. The smallest absolute Gasteiger partial charge is 0.330 e. The number of unbranched alkanes of at least 4 members (excludes halogenated alkanes) is 1. The molecule has 1 aromatic heterocycles. The number of benzene rings is 1. The monoisotopic (exact) mass is 398 g/mol. The normalized spacial score (nSPS) is 14.7. The Morgan fingerprint density at radius 1 is 1.17 bits per heavy atom. The topological polar surface area (TPSA) is 101 Å². The molecule has 0 aliphatic heterocycles. The van der Waals surface area contributed by atoms with Gasteiger partial charge < -0.3 is 5.73 Å². The number of anilines is 2. The van der Waals surface area contributed by atoms with Crippen LogP contribution in [-0.4, -0.2) is 15.5 Å². The SMILES string of the molecule is CCCCn1c(N)c(N(Cc2ccccc2)C(=O)C2CCCCC2)c(=O)[nH]c1=O. The quantitative estimate of drug-likeness (QED) is 0.748. The predicted molar refractivity (Wildman–Crippen MR) is 115 cm³/mol. The Kier molecular flexibility index (Phi) is 6.90. The first-order chi connectivity index (χ1) is 14.0. The summed E-state index contributed by atoms with van der Waals surface area (Å²) in [5, 5.41) is 0. The van der Waals surface area contributed by atoms with Crippen LogP contribution >= 0.6 is 0 Å². The van der Waals surface area contributed by atoms with Gasteiger partial charge in [-0.05, 0) is 24.8 Å². The Morgan fingerprint density at radius 2 is 1.86 bits per heavy atom. The molecule has 2 aromatic rings. The largest absolute Gasteiger partial charge is 0.383 e. The lowest BCUT2D eigenvalue weighted by Gasteiger charge is -2.30. The maximum Gasteiger partial charge on any atom is 0.330 e. The molecule has 0 spiro atoms. The lowest BCUT2D eigenvalue weighted by molar-refractivity contribution is -0.123. The first-order valence-corrected chi connectivity index (χ1v) is 10.5. The fourth-order valence-corrected chi connectivity index (χ4v) is 3.98. The van der Waals surface area contributed by atoms with Crippen molar-refractivity contribution in [2.45, 2.75) is 65.0 Å². The van der Waals surface area contributed by atoms with Gasteiger partial charge >= 0.3 is 5.69 Å². The van der Waals surface area contributed by atoms with E-state index < -0.39 is 11.2 Å². The Morgan fingerprint density at radius 3 is 2.52 bits per heavy atom. The Labute approximate surface area is 170 Å². The fourth-order valence-electron chi connectivity index (χ4n) is 3.98. The molecule has 29 heavy (non-hydrogen) atoms. The van der Waals surface area contributed by atoms with Crippen molar-refractivity contribution in [3.8, 4) is 0 Å². The second kappa shape index (κ2) is 9.58. The molecular weight excluding hydrogens is 368 g/mol. The van der Waals surface area contributed by atoms with Crippen LogP contribution < -0.4 is 21.9 Å². The number of hydrogen-bond acceptors (Lipinski definition) is 4. The second-order valence-electron chi connectivity index (χ2n) is 7.74. The number of nitrogens with two attached hydrogens (primary N) is 1. The number of aromatic nitrogens is 2. The average Bonchev–Trinajstić information content (AvgIpc) is 2.73. The molecule has 1 fully saturated rings. The molecule has 1 amide bonds. The standard InChI is InChI=1S/C22H30N4O3/c1-2-3-14-25-19(23)18(20(27)24-22(25)29)26(15-16-10-6-4-7-11-16)21(28)17-12-8-5-9-13-17/h4,6-7,10-11,17H,2-3,5,8-9,12-15,23H2,1H3,(H,24,27,29). The van der Waals surface area contributed by atoms with Crippen molar-refractivity contribution in [3.63, 3.8) is 0 Å². The summed E-state index contributed by atoms with van der Waals surface area (Å²) < 4.78 is 1.37. The summed E-state index contributed by atoms with van der Waals surface area (Å²) in [6.45, 7) is 2.67. The molecule has 156 valence electrons. The number of carbonyl (C=O) groups excluding carboxylic acids is 1. The van der Waals surface area contributed by atoms with Gasteiger partial charge in [-0.3, -0.25) is 24.0 Å². The number of hydrogen-bond donors (Lipinski definition) is 2. The molecule has 1 aliphatic rings. The van der Waals surface area contributed by atoms with Crippen LogP contribution in [0.15, 0.2) is 39.9 Å². The zero-order valence-corrected chi connectivity index (χ0v) is 17.0. The molecule has 1 aliphatic carbocycles. The second-order valence-corrected chi connectivity index (χ2v) is 7.74. The lowest BCUT2D eigenvalue weighted by Crippen LogP contribution is -2.43. The molecule has 0 bridgehead atoms. The Balaban J connectivity index is 2.06. The van der Waals surface area contributed by atoms with E-state index in [0.29, 0.717) is 6.54 Å². The summed E-state index contributed by atoms with van der Waals surface area (Å²) in [4.78, 5) is 42.4. The number of carbonyl (C=O) groups is 1. The molecule has 1 saturated carbocycles. The summed E-state index contributed by atoms with van der Waals surface area (Å²) in [5.41, 5.74) is 6.14. The van der Waals surface area contributed by atoms with E-state index in [1.54, 1.807) is 0 Å². The molecule has 3 N–H and O–H groups in total. The third kappa shape index (κ3) is 4.78. The highest BCUT2D eigenvalue weighted by Crippen LogP contribution is 2.29. The van der Waals surface area contributed by atoms with Gasteiger partial charge in [0.05, 0.1) is 6.54 Å². The van der Waals surface area contributed by atoms with Crippen molar-refractivity contribution < 1.29 is 4.79 Å². The third-order valence-electron chi connectivity index (χ3n) is 5.62. The minimum atomic E-state index is -0.611. The number of rotatable bonds is 7. The van der Waals surface area contributed by atoms with Gasteiger partial charge in [-0.15, -0.1) is 0 Å². The molecule has 1 aromatic carbocycles. The van der Waals surface area contributed by atoms with E-state index in [2.05, 4.69) is 4.98 Å². The van der Waals surface area contributed by atoms with Crippen molar-refractivity contribution in [1.82, 2.24) is 9.55 Å². The average molecular weight is 399 g/mol. The summed E-state index contributed by atoms with van der Waals surface area (Å²) in [6, 6.07) is 9.53. The van der Waals surface area contributed by atoms with Gasteiger partial charge in [0.1, 0.15) is 5.82 Å². The van der Waals surface area contributed by atoms with Gasteiger partial charge in [0.15, 0.2) is 5.69 Å². The van der Waals surface area contributed by atoms with Crippen molar-refractivity contribution in [1.29, 1.82) is 0 Å². The lowest BCUT2D eigenvalue weighted by atomic mass is 9.88. The van der Waals surface area contributed by atoms with E-state index in [-0.39, 0.29) is 29.9 Å². The van der Waals surface area contributed by atoms with Crippen molar-refractivity contribution in [2.24, 2.45) is 5.92 Å². The van der Waals surface area contributed by atoms with Crippen molar-refractivity contribution >= 4 is 17.4 Å². The number of nitrogens with one attached hydrogen (secondary N) is 1. The zero-order valence-electron chi connectivity index (χ0n) is 17.0. The van der Waals surface area contributed by atoms with Crippen LogP contribution in [0.2, 0.25) is 0 Å². The van der Waals surface area contributed by atoms with Gasteiger partial charge in [0, 0.05) is 12.5 Å². The van der Waals surface area contributed by atoms with Crippen LogP contribution in [0.3, 0.4) is 0 Å². The van der Waals surface area contributed by atoms with Gasteiger partial charge in [0.25, 0.3) is 5.56 Å². The molecule has 3 rings (SSSR count). The maximum atomic E-state index is 13.4. The van der Waals surface area contributed by atoms with Crippen LogP contribution in [0.5, 0.6) is 0 Å². The van der Waals surface area contributed by atoms with E-state index in [1.165, 1.54) is 9.47 Å². The van der Waals surface area contributed by atoms with Gasteiger partial charge in [0.2, 0.25) is 5.91 Å². The highest BCUT2D eigenvalue weighted by atomic mass is 16.2. The molecule has 0 radical (unpaired) electrons. The van der Waals surface area contributed by atoms with E-state index in [4.69, 9.17) is 5.73 Å². The molecule has 0 saturated heterocycles. The highest BCUT2D eigenvalue weighted by Gasteiger charge is 2.30. The van der Waals surface area contributed by atoms with Crippen LogP contribution in [0.25, 0.3) is 0 Å². The first kappa shape index (κ1) is 20.9. The Bertz CT molecular complexity index is 943. The van der Waals surface area contributed by atoms with Crippen molar-refractivity contribution in [3.05, 3.63) is 56.7 Å². The number of aromatic amines is 1. The molecule has 7 heteroatoms. The zero-order chi connectivity index (χ0) is 20.8. The van der Waals surface area contributed by atoms with E-state index >= 15 is 0 Å². The van der Waals surface area contributed by atoms with Crippen LogP contribution in [0.1, 0.15) is 57.4 Å². The van der Waals surface area contributed by atoms with E-state index in [1.807, 2.05) is 37.3 Å². The van der Waals surface area contributed by atoms with Crippen LogP contribution in [0.4, 0.5) is 11.5 Å². The number of nitrogens with zero attached hydrogens (tertiary/aromatic N) is 2. The maximum absolute atomic E-state index is 13.4. The summed E-state index contributed by atoms with van der Waals surface area (Å²) in [6.07, 6.45) is 6.43. The van der Waals surface area contributed by atoms with Gasteiger partial charge in [-0.2, -0.15) is 0 Å². The predicted octanol–water partition coefficient (Wildman–Crippen LogP) is 3.03. The summed E-state index contributed by atoms with van der Waals surface area (Å²) >= 11 is 0. The van der Waals surface area contributed by atoms with E-state index in [9.17, 15) is 14.4 Å². The minimum Gasteiger partial charge on any atom is -0.383 e. The van der Waals surface area contributed by atoms with Crippen LogP contribution in [-0.2, 0) is 17.9 Å². The highest BCUT2D eigenvalue weighted by molar-refractivity contribution is 5.97. The number of amides is 1. The van der Waals surface area contributed by atoms with Gasteiger partial charge in [-0.1, -0.05) is 62.9 Å². The molecule has 1 heterocycles. The summed E-state index contributed by atoms with van der Waals surface area (Å²) in [5.74, 6) is -0.152.